The third kappa shape index (κ3) is 4.01. The first-order chi connectivity index (χ1) is 9.97. The monoisotopic (exact) mass is 293 g/mol. The lowest BCUT2D eigenvalue weighted by atomic mass is 10.1. The zero-order chi connectivity index (χ0) is 15.4. The van der Waals surface area contributed by atoms with Gasteiger partial charge in [0.15, 0.2) is 5.82 Å². The number of nitrogens with zero attached hydrogens (tertiary/aromatic N) is 1. The SMILES string of the molecule is CC(C)C(O)CNC(=O)CCc1nc2c(F)cccc2[nH]1. The summed E-state index contributed by atoms with van der Waals surface area (Å²) in [5.41, 5.74) is 0.920. The summed E-state index contributed by atoms with van der Waals surface area (Å²) in [6.07, 6.45) is 0.0958. The minimum Gasteiger partial charge on any atom is -0.391 e. The summed E-state index contributed by atoms with van der Waals surface area (Å²) >= 11 is 0. The summed E-state index contributed by atoms with van der Waals surface area (Å²) in [7, 11) is 0. The molecular formula is C15H20FN3O2. The molecule has 2 aromatic rings. The third-order valence-electron chi connectivity index (χ3n) is 3.38. The predicted octanol–water partition coefficient (Wildman–Crippen LogP) is 1.77. The van der Waals surface area contributed by atoms with Crippen LogP contribution in [0.1, 0.15) is 26.1 Å². The second-order valence-electron chi connectivity index (χ2n) is 5.43. The summed E-state index contributed by atoms with van der Waals surface area (Å²) in [6, 6.07) is 4.71. The Kier molecular flexibility index (Phi) is 4.90. The minimum atomic E-state index is -0.547. The number of aryl methyl sites for hydroxylation is 1. The number of fused-ring (bicyclic) bond motifs is 1. The van der Waals surface area contributed by atoms with Crippen molar-refractivity contribution in [2.45, 2.75) is 32.8 Å². The fourth-order valence-electron chi connectivity index (χ4n) is 1.94. The Balaban J connectivity index is 1.87. The number of carbonyl (C=O) groups excluding carboxylic acids is 1. The van der Waals surface area contributed by atoms with Crippen LogP contribution in [0.4, 0.5) is 4.39 Å². The van der Waals surface area contributed by atoms with Gasteiger partial charge in [-0.05, 0) is 18.1 Å². The zero-order valence-electron chi connectivity index (χ0n) is 12.2. The number of aliphatic hydroxyl groups is 1. The maximum absolute atomic E-state index is 13.5. The molecule has 1 atom stereocenters. The largest absolute Gasteiger partial charge is 0.391 e. The van der Waals surface area contributed by atoms with E-state index >= 15 is 0 Å². The van der Waals surface area contributed by atoms with Crippen molar-refractivity contribution in [2.24, 2.45) is 5.92 Å². The van der Waals surface area contributed by atoms with Crippen molar-refractivity contribution in [3.63, 3.8) is 0 Å². The number of aromatic nitrogens is 2. The molecule has 0 aliphatic carbocycles. The first-order valence-electron chi connectivity index (χ1n) is 7.05. The van der Waals surface area contributed by atoms with Gasteiger partial charge in [0.05, 0.1) is 11.6 Å². The normalized spacial score (nSPS) is 12.8. The van der Waals surface area contributed by atoms with Crippen LogP contribution in [-0.2, 0) is 11.2 Å². The van der Waals surface area contributed by atoms with Gasteiger partial charge in [-0.15, -0.1) is 0 Å². The Labute approximate surface area is 122 Å². The van der Waals surface area contributed by atoms with E-state index in [0.717, 1.165) is 0 Å². The highest BCUT2D eigenvalue weighted by atomic mass is 19.1. The van der Waals surface area contributed by atoms with Crippen LogP contribution >= 0.6 is 0 Å². The topological polar surface area (TPSA) is 78.0 Å². The van der Waals surface area contributed by atoms with Crippen LogP contribution in [0.15, 0.2) is 18.2 Å². The van der Waals surface area contributed by atoms with Gasteiger partial charge < -0.3 is 15.4 Å². The lowest BCUT2D eigenvalue weighted by Crippen LogP contribution is -2.34. The number of aromatic amines is 1. The van der Waals surface area contributed by atoms with Crippen molar-refractivity contribution in [3.8, 4) is 0 Å². The summed E-state index contributed by atoms with van der Waals surface area (Å²) in [4.78, 5) is 18.8. The summed E-state index contributed by atoms with van der Waals surface area (Å²) in [5.74, 6) is 0.147. The Hall–Kier alpha value is -1.95. The maximum atomic E-state index is 13.5. The number of imidazole rings is 1. The lowest BCUT2D eigenvalue weighted by molar-refractivity contribution is -0.121. The van der Waals surface area contributed by atoms with Crippen LogP contribution in [-0.4, -0.2) is 33.6 Å². The van der Waals surface area contributed by atoms with Gasteiger partial charge >= 0.3 is 0 Å². The van der Waals surface area contributed by atoms with E-state index < -0.39 is 6.10 Å². The fraction of sp³-hybridized carbons (Fsp3) is 0.467. The van der Waals surface area contributed by atoms with Crippen LogP contribution in [0.2, 0.25) is 0 Å². The number of hydrogen-bond donors (Lipinski definition) is 3. The molecule has 0 spiro atoms. The van der Waals surface area contributed by atoms with E-state index in [9.17, 15) is 14.3 Å². The number of H-pyrrole nitrogens is 1. The number of amides is 1. The fourth-order valence-corrected chi connectivity index (χ4v) is 1.94. The Morgan fingerprint density at radius 1 is 1.48 bits per heavy atom. The average molecular weight is 293 g/mol. The molecule has 2 rings (SSSR count). The highest BCUT2D eigenvalue weighted by Gasteiger charge is 2.12. The summed E-state index contributed by atoms with van der Waals surface area (Å²) in [6.45, 7) is 4.02. The molecule has 5 nitrogen and oxygen atoms in total. The number of rotatable bonds is 6. The molecule has 21 heavy (non-hydrogen) atoms. The molecule has 0 aliphatic rings. The Morgan fingerprint density at radius 3 is 2.90 bits per heavy atom. The van der Waals surface area contributed by atoms with E-state index in [4.69, 9.17) is 0 Å². The van der Waals surface area contributed by atoms with Crippen LogP contribution in [0.3, 0.4) is 0 Å². The number of hydrogen-bond acceptors (Lipinski definition) is 3. The smallest absolute Gasteiger partial charge is 0.220 e. The Bertz CT molecular complexity index is 624. The maximum Gasteiger partial charge on any atom is 0.220 e. The highest BCUT2D eigenvalue weighted by molar-refractivity contribution is 5.77. The third-order valence-corrected chi connectivity index (χ3v) is 3.38. The van der Waals surface area contributed by atoms with Gasteiger partial charge in [0.25, 0.3) is 0 Å². The molecule has 0 fully saturated rings. The molecule has 1 heterocycles. The van der Waals surface area contributed by atoms with Crippen molar-refractivity contribution in [1.82, 2.24) is 15.3 Å². The molecule has 1 aromatic heterocycles. The molecular weight excluding hydrogens is 273 g/mol. The Morgan fingerprint density at radius 2 is 2.24 bits per heavy atom. The zero-order valence-corrected chi connectivity index (χ0v) is 12.2. The molecule has 0 aliphatic heterocycles. The van der Waals surface area contributed by atoms with Crippen molar-refractivity contribution >= 4 is 16.9 Å². The van der Waals surface area contributed by atoms with Crippen LogP contribution in [0, 0.1) is 11.7 Å². The number of halogens is 1. The molecule has 114 valence electrons. The molecule has 1 amide bonds. The molecule has 0 saturated carbocycles. The van der Waals surface area contributed by atoms with Gasteiger partial charge in [-0.25, -0.2) is 9.37 Å². The molecule has 1 unspecified atom stereocenters. The second kappa shape index (κ2) is 6.67. The predicted molar refractivity (Wildman–Crippen MR) is 78.2 cm³/mol. The van der Waals surface area contributed by atoms with E-state index in [0.29, 0.717) is 23.3 Å². The number of benzene rings is 1. The van der Waals surface area contributed by atoms with Crippen LogP contribution in [0.5, 0.6) is 0 Å². The molecule has 0 radical (unpaired) electrons. The minimum absolute atomic E-state index is 0.101. The highest BCUT2D eigenvalue weighted by Crippen LogP contribution is 2.15. The summed E-state index contributed by atoms with van der Waals surface area (Å²) in [5, 5.41) is 12.3. The molecule has 3 N–H and O–H groups in total. The van der Waals surface area contributed by atoms with Crippen molar-refractivity contribution < 1.29 is 14.3 Å². The van der Waals surface area contributed by atoms with Gasteiger partial charge in [0.2, 0.25) is 5.91 Å². The number of para-hydroxylation sites is 1. The van der Waals surface area contributed by atoms with Gasteiger partial charge in [0, 0.05) is 19.4 Å². The molecule has 1 aromatic carbocycles. The van der Waals surface area contributed by atoms with E-state index in [1.54, 1.807) is 12.1 Å². The van der Waals surface area contributed by atoms with E-state index in [-0.39, 0.29) is 30.6 Å². The van der Waals surface area contributed by atoms with E-state index in [2.05, 4.69) is 15.3 Å². The van der Waals surface area contributed by atoms with E-state index in [1.807, 2.05) is 13.8 Å². The number of carbonyl (C=O) groups is 1. The first-order valence-corrected chi connectivity index (χ1v) is 7.05. The summed E-state index contributed by atoms with van der Waals surface area (Å²) < 4.78 is 13.5. The lowest BCUT2D eigenvalue weighted by Gasteiger charge is -2.14. The van der Waals surface area contributed by atoms with Gasteiger partial charge in [-0.2, -0.15) is 0 Å². The van der Waals surface area contributed by atoms with Gasteiger partial charge in [0.1, 0.15) is 11.3 Å². The molecule has 0 bridgehead atoms. The van der Waals surface area contributed by atoms with Crippen LogP contribution in [0.25, 0.3) is 11.0 Å². The molecule has 6 heteroatoms. The first kappa shape index (κ1) is 15.4. The van der Waals surface area contributed by atoms with Crippen molar-refractivity contribution in [3.05, 3.63) is 29.8 Å². The quantitative estimate of drug-likeness (QED) is 0.759. The van der Waals surface area contributed by atoms with E-state index in [1.165, 1.54) is 6.07 Å². The number of aliphatic hydroxyl groups excluding tert-OH is 1. The van der Waals surface area contributed by atoms with Gasteiger partial charge in [-0.1, -0.05) is 19.9 Å². The molecule has 0 saturated heterocycles. The van der Waals surface area contributed by atoms with Crippen molar-refractivity contribution in [2.75, 3.05) is 6.54 Å². The second-order valence-corrected chi connectivity index (χ2v) is 5.43. The number of nitrogens with one attached hydrogen (secondary N) is 2. The van der Waals surface area contributed by atoms with Gasteiger partial charge in [-0.3, -0.25) is 4.79 Å². The standard InChI is InChI=1S/C15H20FN3O2/c1-9(2)12(20)8-17-14(21)7-6-13-18-11-5-3-4-10(16)15(11)19-13/h3-5,9,12,20H,6-8H2,1-2H3,(H,17,21)(H,18,19). The van der Waals surface area contributed by atoms with Crippen molar-refractivity contribution in [1.29, 1.82) is 0 Å². The average Bonchev–Trinajstić information content (AvgIpc) is 2.87. The van der Waals surface area contributed by atoms with Crippen LogP contribution < -0.4 is 5.32 Å².